The van der Waals surface area contributed by atoms with Crippen molar-refractivity contribution in [2.24, 2.45) is 0 Å². The van der Waals surface area contributed by atoms with Gasteiger partial charge in [-0.05, 0) is 70.0 Å². The van der Waals surface area contributed by atoms with Gasteiger partial charge in [-0.1, -0.05) is 35.3 Å². The lowest BCUT2D eigenvalue weighted by Crippen LogP contribution is -2.12. The highest BCUT2D eigenvalue weighted by Gasteiger charge is 2.16. The summed E-state index contributed by atoms with van der Waals surface area (Å²) in [5.74, 6) is 1.33. The van der Waals surface area contributed by atoms with Gasteiger partial charge in [0.1, 0.15) is 18.1 Å². The van der Waals surface area contributed by atoms with E-state index in [9.17, 15) is 4.79 Å². The third-order valence-electron chi connectivity index (χ3n) is 4.29. The first kappa shape index (κ1) is 21.5. The molecular weight excluding hydrogens is 505 g/mol. The van der Waals surface area contributed by atoms with Gasteiger partial charge in [-0.2, -0.15) is 5.10 Å². The molecule has 0 saturated heterocycles. The third kappa shape index (κ3) is 5.70. The number of carbonyl (C=O) groups is 1. The van der Waals surface area contributed by atoms with Gasteiger partial charge < -0.3 is 14.5 Å². The van der Waals surface area contributed by atoms with Gasteiger partial charge in [0.2, 0.25) is 0 Å². The Morgan fingerprint density at radius 2 is 1.71 bits per heavy atom. The molecule has 1 amide bonds. The molecule has 0 fully saturated rings. The smallest absolute Gasteiger partial charge is 0.292 e. The maximum atomic E-state index is 12.6. The van der Waals surface area contributed by atoms with Crippen molar-refractivity contribution in [3.63, 3.8) is 0 Å². The van der Waals surface area contributed by atoms with Crippen LogP contribution in [0.1, 0.15) is 21.9 Å². The van der Waals surface area contributed by atoms with E-state index in [4.69, 9.17) is 32.4 Å². The molecule has 0 atom stereocenters. The molecule has 9 heteroatoms. The molecule has 4 rings (SSSR count). The predicted octanol–water partition coefficient (Wildman–Crippen LogP) is 6.43. The zero-order valence-electron chi connectivity index (χ0n) is 16.0. The van der Waals surface area contributed by atoms with Crippen LogP contribution in [-0.4, -0.2) is 15.7 Å². The number of hydrogen-bond acceptors (Lipinski definition) is 4. The number of nitrogens with zero attached hydrogens (tertiary/aromatic N) is 2. The minimum atomic E-state index is -0.407. The molecule has 2 aromatic carbocycles. The summed E-state index contributed by atoms with van der Waals surface area (Å²) in [6.07, 6.45) is 1.79. The van der Waals surface area contributed by atoms with Crippen molar-refractivity contribution in [3.8, 4) is 5.75 Å². The van der Waals surface area contributed by atoms with Crippen molar-refractivity contribution < 1.29 is 13.9 Å². The summed E-state index contributed by atoms with van der Waals surface area (Å²) < 4.78 is 13.6. The Labute approximate surface area is 196 Å². The number of benzene rings is 2. The van der Waals surface area contributed by atoms with E-state index in [1.54, 1.807) is 47.3 Å². The Bertz CT molecular complexity index is 1190. The lowest BCUT2D eigenvalue weighted by Gasteiger charge is -2.04. The van der Waals surface area contributed by atoms with Crippen LogP contribution < -0.4 is 10.1 Å². The second-order valence-electron chi connectivity index (χ2n) is 6.61. The molecule has 0 spiro atoms. The van der Waals surface area contributed by atoms with E-state index < -0.39 is 5.91 Å². The van der Waals surface area contributed by atoms with Gasteiger partial charge in [0.05, 0.1) is 11.0 Å². The molecule has 0 unspecified atom stereocenters. The average molecular weight is 521 g/mol. The first-order valence-corrected chi connectivity index (χ1v) is 10.8. The third-order valence-corrected chi connectivity index (χ3v) is 5.37. The number of rotatable bonds is 7. The van der Waals surface area contributed by atoms with Gasteiger partial charge in [-0.25, -0.2) is 0 Å². The SMILES string of the molecule is O=C(Nc1nn(Cc2ccc(Cl)cc2)cc1Br)c1ccc(COc2ccc(Cl)cc2)o1. The summed E-state index contributed by atoms with van der Waals surface area (Å²) in [5.41, 5.74) is 1.04. The number of furan rings is 1. The zero-order chi connectivity index (χ0) is 21.8. The molecule has 0 aliphatic carbocycles. The normalized spacial score (nSPS) is 10.8. The Morgan fingerprint density at radius 3 is 2.42 bits per heavy atom. The molecule has 158 valence electrons. The highest BCUT2D eigenvalue weighted by molar-refractivity contribution is 9.10. The molecule has 0 aliphatic rings. The van der Waals surface area contributed by atoms with Gasteiger partial charge in [0.25, 0.3) is 5.91 Å². The van der Waals surface area contributed by atoms with Crippen LogP contribution in [0.15, 0.2) is 75.8 Å². The quantitative estimate of drug-likeness (QED) is 0.305. The van der Waals surface area contributed by atoms with E-state index >= 15 is 0 Å². The molecule has 4 aromatic rings. The molecule has 2 aromatic heterocycles. The van der Waals surface area contributed by atoms with E-state index in [0.29, 0.717) is 38.4 Å². The summed E-state index contributed by atoms with van der Waals surface area (Å²) in [5, 5.41) is 8.46. The molecule has 0 radical (unpaired) electrons. The largest absolute Gasteiger partial charge is 0.486 e. The van der Waals surface area contributed by atoms with Crippen LogP contribution in [0.4, 0.5) is 5.82 Å². The van der Waals surface area contributed by atoms with Gasteiger partial charge in [0.15, 0.2) is 11.6 Å². The van der Waals surface area contributed by atoms with Crippen molar-refractivity contribution >= 4 is 50.9 Å². The van der Waals surface area contributed by atoms with Crippen molar-refractivity contribution in [1.82, 2.24) is 9.78 Å². The number of amides is 1. The fourth-order valence-electron chi connectivity index (χ4n) is 2.77. The fourth-order valence-corrected chi connectivity index (χ4v) is 3.44. The number of ether oxygens (including phenoxy) is 1. The van der Waals surface area contributed by atoms with Crippen LogP contribution in [0.2, 0.25) is 10.0 Å². The van der Waals surface area contributed by atoms with Gasteiger partial charge in [0, 0.05) is 16.2 Å². The van der Waals surface area contributed by atoms with Crippen molar-refractivity contribution in [3.05, 3.63) is 98.5 Å². The van der Waals surface area contributed by atoms with Crippen LogP contribution in [0.3, 0.4) is 0 Å². The molecule has 2 heterocycles. The first-order valence-electron chi connectivity index (χ1n) is 9.22. The summed E-state index contributed by atoms with van der Waals surface area (Å²) in [7, 11) is 0. The number of anilines is 1. The van der Waals surface area contributed by atoms with Crippen LogP contribution in [-0.2, 0) is 13.2 Å². The maximum absolute atomic E-state index is 12.6. The zero-order valence-corrected chi connectivity index (χ0v) is 19.1. The van der Waals surface area contributed by atoms with Crippen LogP contribution >= 0.6 is 39.1 Å². The number of carbonyl (C=O) groups excluding carboxylic acids is 1. The average Bonchev–Trinajstić information content (AvgIpc) is 3.36. The molecule has 0 saturated carbocycles. The van der Waals surface area contributed by atoms with Crippen LogP contribution in [0.25, 0.3) is 0 Å². The molecule has 0 aliphatic heterocycles. The van der Waals surface area contributed by atoms with Gasteiger partial charge in [-0.15, -0.1) is 0 Å². The van der Waals surface area contributed by atoms with Crippen LogP contribution in [0.5, 0.6) is 5.75 Å². The standard InChI is InChI=1S/C22H16BrCl2N3O3/c23-19-12-28(11-14-1-3-15(24)4-2-14)27-21(19)26-22(29)20-10-9-18(31-20)13-30-17-7-5-16(25)6-8-17/h1-10,12H,11,13H2,(H,26,27,29). The monoisotopic (exact) mass is 519 g/mol. The molecule has 0 bridgehead atoms. The Kier molecular flexibility index (Phi) is 6.65. The second-order valence-corrected chi connectivity index (χ2v) is 8.34. The summed E-state index contributed by atoms with van der Waals surface area (Å²) in [4.78, 5) is 12.6. The summed E-state index contributed by atoms with van der Waals surface area (Å²) in [6.45, 7) is 0.729. The molecule has 1 N–H and O–H groups in total. The van der Waals surface area contributed by atoms with Crippen LogP contribution in [0, 0.1) is 0 Å². The second kappa shape index (κ2) is 9.60. The number of nitrogens with one attached hydrogen (secondary N) is 1. The van der Waals surface area contributed by atoms with Crippen molar-refractivity contribution in [1.29, 1.82) is 0 Å². The number of hydrogen-bond donors (Lipinski definition) is 1. The fraction of sp³-hybridized carbons (Fsp3) is 0.0909. The van der Waals surface area contributed by atoms with Crippen molar-refractivity contribution in [2.75, 3.05) is 5.32 Å². The topological polar surface area (TPSA) is 69.3 Å². The number of aromatic nitrogens is 2. The number of halogens is 3. The summed E-state index contributed by atoms with van der Waals surface area (Å²) >= 11 is 15.2. The molecular formula is C22H16BrCl2N3O3. The lowest BCUT2D eigenvalue weighted by atomic mass is 10.2. The highest BCUT2D eigenvalue weighted by Crippen LogP contribution is 2.23. The Hall–Kier alpha value is -2.74. The Morgan fingerprint density at radius 1 is 1.03 bits per heavy atom. The van der Waals surface area contributed by atoms with E-state index in [0.717, 1.165) is 5.56 Å². The van der Waals surface area contributed by atoms with E-state index in [2.05, 4.69) is 26.3 Å². The lowest BCUT2D eigenvalue weighted by molar-refractivity contribution is 0.0992. The van der Waals surface area contributed by atoms with Gasteiger partial charge >= 0.3 is 0 Å². The highest BCUT2D eigenvalue weighted by atomic mass is 79.9. The van der Waals surface area contributed by atoms with Crippen molar-refractivity contribution in [2.45, 2.75) is 13.2 Å². The van der Waals surface area contributed by atoms with Gasteiger partial charge in [-0.3, -0.25) is 9.48 Å². The first-order chi connectivity index (χ1) is 15.0. The molecule has 6 nitrogen and oxygen atoms in total. The Balaban J connectivity index is 1.36. The van der Waals surface area contributed by atoms with E-state index in [1.165, 1.54) is 0 Å². The predicted molar refractivity (Wildman–Crippen MR) is 123 cm³/mol. The minimum absolute atomic E-state index is 0.161. The molecule has 31 heavy (non-hydrogen) atoms. The van der Waals surface area contributed by atoms with E-state index in [1.807, 2.05) is 24.3 Å². The maximum Gasteiger partial charge on any atom is 0.292 e. The summed E-state index contributed by atoms with van der Waals surface area (Å²) in [6, 6.07) is 17.8. The minimum Gasteiger partial charge on any atom is -0.486 e. The van der Waals surface area contributed by atoms with E-state index in [-0.39, 0.29) is 12.4 Å².